The van der Waals surface area contributed by atoms with Crippen LogP contribution in [0.1, 0.15) is 22.6 Å². The van der Waals surface area contributed by atoms with Crippen molar-refractivity contribution in [2.75, 3.05) is 25.9 Å². The van der Waals surface area contributed by atoms with Crippen molar-refractivity contribution in [2.45, 2.75) is 25.9 Å². The number of aromatic nitrogens is 2. The van der Waals surface area contributed by atoms with Gasteiger partial charge in [0.25, 0.3) is 5.91 Å². The Kier molecular flexibility index (Phi) is 6.07. The molecule has 1 unspecified atom stereocenters. The molecule has 0 bridgehead atoms. The number of sulfonamides is 1. The monoisotopic (exact) mass is 428 g/mol. The van der Waals surface area contributed by atoms with Gasteiger partial charge in [-0.3, -0.25) is 4.79 Å². The van der Waals surface area contributed by atoms with Gasteiger partial charge in [0, 0.05) is 50.2 Å². The minimum Gasteiger partial charge on any atom is -0.337 e. The van der Waals surface area contributed by atoms with E-state index in [4.69, 9.17) is 11.6 Å². The molecule has 1 atom stereocenters. The molecule has 1 fully saturated rings. The molecule has 10 heteroatoms. The molecule has 7 nitrogen and oxygen atoms in total. The minimum atomic E-state index is -3.45. The van der Waals surface area contributed by atoms with Gasteiger partial charge in [0.15, 0.2) is 0 Å². The van der Waals surface area contributed by atoms with E-state index in [1.807, 2.05) is 11.5 Å². The van der Waals surface area contributed by atoms with Crippen LogP contribution in [-0.2, 0) is 16.6 Å². The molecular weight excluding hydrogens is 407 g/mol. The number of amides is 1. The maximum absolute atomic E-state index is 13.3. The van der Waals surface area contributed by atoms with Crippen LogP contribution in [-0.4, -0.2) is 65.0 Å². The van der Waals surface area contributed by atoms with Gasteiger partial charge in [0.1, 0.15) is 11.6 Å². The Balaban J connectivity index is 1.70. The summed E-state index contributed by atoms with van der Waals surface area (Å²) in [7, 11) is -3.45. The lowest BCUT2D eigenvalue weighted by molar-refractivity contribution is 0.0784. The average Bonchev–Trinajstić information content (AvgIpc) is 3.25. The summed E-state index contributed by atoms with van der Waals surface area (Å²) in [5.41, 5.74) is 0.284. The fourth-order valence-electron chi connectivity index (χ4n) is 3.44. The summed E-state index contributed by atoms with van der Waals surface area (Å²) in [4.78, 5) is 18.4. The summed E-state index contributed by atoms with van der Waals surface area (Å²) in [6.07, 6.45) is 5.19. The number of rotatable bonds is 6. The van der Waals surface area contributed by atoms with Crippen LogP contribution in [0.5, 0.6) is 0 Å². The zero-order valence-corrected chi connectivity index (χ0v) is 17.2. The molecule has 152 valence electrons. The summed E-state index contributed by atoms with van der Waals surface area (Å²) >= 11 is 5.77. The number of hydrogen-bond donors (Lipinski definition) is 0. The topological polar surface area (TPSA) is 75.5 Å². The Morgan fingerprint density at radius 1 is 1.43 bits per heavy atom. The molecule has 1 aliphatic rings. The Hall–Kier alpha value is -1.97. The van der Waals surface area contributed by atoms with Crippen LogP contribution in [0.4, 0.5) is 4.39 Å². The van der Waals surface area contributed by atoms with Crippen LogP contribution in [0.2, 0.25) is 5.02 Å². The first-order valence-electron chi connectivity index (χ1n) is 8.85. The molecular formula is C18H22ClFN4O3S. The van der Waals surface area contributed by atoms with E-state index in [0.717, 1.165) is 11.9 Å². The number of halogens is 2. The lowest BCUT2D eigenvalue weighted by Gasteiger charge is -2.27. The quantitative estimate of drug-likeness (QED) is 0.706. The third-order valence-electron chi connectivity index (χ3n) is 4.94. The number of nitrogens with zero attached hydrogens (tertiary/aromatic N) is 4. The molecule has 2 aromatic rings. The van der Waals surface area contributed by atoms with Crippen LogP contribution in [0.25, 0.3) is 0 Å². The highest BCUT2D eigenvalue weighted by atomic mass is 35.5. The summed E-state index contributed by atoms with van der Waals surface area (Å²) in [6.45, 7) is 3.34. The van der Waals surface area contributed by atoms with E-state index in [0.29, 0.717) is 26.1 Å². The summed E-state index contributed by atoms with van der Waals surface area (Å²) in [6, 6.07) is 3.52. The second-order valence-corrected chi connectivity index (χ2v) is 9.21. The number of hydrogen-bond acceptors (Lipinski definition) is 4. The molecule has 1 saturated heterocycles. The number of likely N-dealkylation sites (tertiary alicyclic amines) is 1. The first kappa shape index (κ1) is 20.8. The van der Waals surface area contributed by atoms with E-state index in [9.17, 15) is 17.6 Å². The van der Waals surface area contributed by atoms with E-state index in [-0.39, 0.29) is 29.1 Å². The van der Waals surface area contributed by atoms with Crippen LogP contribution in [0.15, 0.2) is 30.6 Å². The van der Waals surface area contributed by atoms with Crippen molar-refractivity contribution in [3.05, 3.63) is 52.8 Å². The molecule has 0 spiro atoms. The molecule has 0 N–H and O–H groups in total. The zero-order chi connectivity index (χ0) is 20.5. The smallest absolute Gasteiger partial charge is 0.253 e. The molecule has 3 rings (SSSR count). The zero-order valence-electron chi connectivity index (χ0n) is 15.7. The normalized spacial score (nSPS) is 17.5. The molecule has 2 heterocycles. The third-order valence-corrected chi connectivity index (χ3v) is 6.56. The highest BCUT2D eigenvalue weighted by molar-refractivity contribution is 7.88. The lowest BCUT2D eigenvalue weighted by atomic mass is 10.2. The van der Waals surface area contributed by atoms with Crippen LogP contribution >= 0.6 is 11.6 Å². The van der Waals surface area contributed by atoms with Crippen LogP contribution in [0, 0.1) is 12.7 Å². The van der Waals surface area contributed by atoms with Gasteiger partial charge < -0.3 is 9.47 Å². The summed E-state index contributed by atoms with van der Waals surface area (Å²) < 4.78 is 41.3. The maximum atomic E-state index is 13.3. The lowest BCUT2D eigenvalue weighted by Crippen LogP contribution is -2.43. The Morgan fingerprint density at radius 2 is 2.18 bits per heavy atom. The van der Waals surface area contributed by atoms with E-state index < -0.39 is 15.8 Å². The number of benzene rings is 1. The number of carbonyl (C=O) groups is 1. The van der Waals surface area contributed by atoms with Crippen molar-refractivity contribution in [3.63, 3.8) is 0 Å². The van der Waals surface area contributed by atoms with E-state index in [2.05, 4.69) is 4.98 Å². The molecule has 1 aliphatic heterocycles. The standard InChI is InChI=1S/C18H22ClFN4O3S/c1-13-21-6-8-22(13)9-10-24(28(2,26)27)15-5-7-23(12-15)18(25)14-3-4-17(20)16(19)11-14/h3-4,6,8,11,15H,5,7,9-10,12H2,1-2H3. The van der Waals surface area contributed by atoms with Crippen LogP contribution < -0.4 is 0 Å². The van der Waals surface area contributed by atoms with Crippen molar-refractivity contribution in [3.8, 4) is 0 Å². The predicted octanol–water partition coefficient (Wildman–Crippen LogP) is 2.16. The Bertz CT molecular complexity index is 979. The second-order valence-electron chi connectivity index (χ2n) is 6.86. The van der Waals surface area contributed by atoms with Crippen molar-refractivity contribution < 1.29 is 17.6 Å². The van der Waals surface area contributed by atoms with Gasteiger partial charge in [-0.25, -0.2) is 17.8 Å². The Morgan fingerprint density at radius 3 is 2.79 bits per heavy atom. The largest absolute Gasteiger partial charge is 0.337 e. The molecule has 0 saturated carbocycles. The maximum Gasteiger partial charge on any atom is 0.253 e. The van der Waals surface area contributed by atoms with Gasteiger partial charge in [-0.1, -0.05) is 11.6 Å². The minimum absolute atomic E-state index is 0.116. The van der Waals surface area contributed by atoms with Gasteiger partial charge in [-0.05, 0) is 31.5 Å². The first-order chi connectivity index (χ1) is 13.2. The van der Waals surface area contributed by atoms with Gasteiger partial charge in [0.2, 0.25) is 10.0 Å². The summed E-state index contributed by atoms with van der Waals surface area (Å²) in [5.74, 6) is -0.0660. The van der Waals surface area contributed by atoms with Crippen LogP contribution in [0.3, 0.4) is 0 Å². The number of aryl methyl sites for hydroxylation is 1. The van der Waals surface area contributed by atoms with E-state index in [1.54, 1.807) is 17.3 Å². The Labute approximate surface area is 168 Å². The van der Waals surface area contributed by atoms with E-state index >= 15 is 0 Å². The van der Waals surface area contributed by atoms with Crippen molar-refractivity contribution in [1.29, 1.82) is 0 Å². The average molecular weight is 429 g/mol. The van der Waals surface area contributed by atoms with E-state index in [1.165, 1.54) is 22.7 Å². The molecule has 0 aliphatic carbocycles. The molecule has 0 radical (unpaired) electrons. The SMILES string of the molecule is Cc1nccn1CCN(C1CCN(C(=O)c2ccc(F)c(Cl)c2)C1)S(C)(=O)=O. The third kappa shape index (κ3) is 4.53. The second kappa shape index (κ2) is 8.18. The van der Waals surface area contributed by atoms with Crippen molar-refractivity contribution >= 4 is 27.5 Å². The predicted molar refractivity (Wildman–Crippen MR) is 104 cm³/mol. The highest BCUT2D eigenvalue weighted by Gasteiger charge is 2.35. The molecule has 1 aromatic carbocycles. The van der Waals surface area contributed by atoms with Crippen molar-refractivity contribution in [1.82, 2.24) is 18.8 Å². The number of imidazole rings is 1. The highest BCUT2D eigenvalue weighted by Crippen LogP contribution is 2.22. The van der Waals surface area contributed by atoms with Gasteiger partial charge >= 0.3 is 0 Å². The fraction of sp³-hybridized carbons (Fsp3) is 0.444. The van der Waals surface area contributed by atoms with Gasteiger partial charge in [0.05, 0.1) is 11.3 Å². The van der Waals surface area contributed by atoms with Gasteiger partial charge in [-0.2, -0.15) is 4.31 Å². The molecule has 1 aromatic heterocycles. The first-order valence-corrected chi connectivity index (χ1v) is 11.1. The fourth-order valence-corrected chi connectivity index (χ4v) is 4.75. The van der Waals surface area contributed by atoms with Gasteiger partial charge in [-0.15, -0.1) is 0 Å². The number of carbonyl (C=O) groups excluding carboxylic acids is 1. The molecule has 1 amide bonds. The van der Waals surface area contributed by atoms with Crippen molar-refractivity contribution in [2.24, 2.45) is 0 Å². The summed E-state index contributed by atoms with van der Waals surface area (Å²) in [5, 5.41) is -0.116. The molecule has 28 heavy (non-hydrogen) atoms.